The van der Waals surface area contributed by atoms with Gasteiger partial charge in [0.25, 0.3) is 5.97 Å². The van der Waals surface area contributed by atoms with Crippen LogP contribution < -0.4 is 0 Å². The third-order valence-electron chi connectivity index (χ3n) is 3.51. The second-order valence-electron chi connectivity index (χ2n) is 5.30. The minimum absolute atomic E-state index is 0.833. The predicted octanol–water partition coefficient (Wildman–Crippen LogP) is 3.78. The predicted molar refractivity (Wildman–Crippen MR) is 76.9 cm³/mol. The van der Waals surface area contributed by atoms with Gasteiger partial charge in [0.2, 0.25) is 0 Å². The molecule has 3 nitrogen and oxygen atoms in total. The zero-order chi connectivity index (χ0) is 13.8. The Kier molecular flexibility index (Phi) is 11.2. The molecule has 0 spiro atoms. The van der Waals surface area contributed by atoms with Crippen molar-refractivity contribution in [2.24, 2.45) is 5.92 Å². The van der Waals surface area contributed by atoms with Crippen LogP contribution in [0.1, 0.15) is 65.7 Å². The average molecular weight is 257 g/mol. The highest BCUT2D eigenvalue weighted by Crippen LogP contribution is 2.19. The molecular formula is C15H31NO2. The van der Waals surface area contributed by atoms with Crippen LogP contribution in [0.2, 0.25) is 0 Å². The molecule has 1 aliphatic rings. The standard InChI is InChI=1S/C13H27N.C2H4O2/c1-3-5-6-7-10-14-11-8-9-13(4-2)12-14;1-2(3)4/h13H,3-12H2,1-2H3;1H3,(H,3,4). The summed E-state index contributed by atoms with van der Waals surface area (Å²) >= 11 is 0. The van der Waals surface area contributed by atoms with E-state index < -0.39 is 5.97 Å². The molecule has 1 saturated heterocycles. The molecule has 108 valence electrons. The second kappa shape index (κ2) is 11.5. The van der Waals surface area contributed by atoms with Crippen LogP contribution in [0.3, 0.4) is 0 Å². The van der Waals surface area contributed by atoms with Gasteiger partial charge in [0.05, 0.1) is 0 Å². The van der Waals surface area contributed by atoms with Crippen molar-refractivity contribution in [2.45, 2.75) is 65.7 Å². The van der Waals surface area contributed by atoms with Crippen molar-refractivity contribution in [3.8, 4) is 0 Å². The van der Waals surface area contributed by atoms with E-state index in [-0.39, 0.29) is 0 Å². The molecule has 1 rings (SSSR count). The molecule has 18 heavy (non-hydrogen) atoms. The Morgan fingerprint density at radius 2 is 1.94 bits per heavy atom. The maximum atomic E-state index is 9.00. The zero-order valence-electron chi connectivity index (χ0n) is 12.5. The lowest BCUT2D eigenvalue weighted by Gasteiger charge is -2.32. The summed E-state index contributed by atoms with van der Waals surface area (Å²) in [4.78, 5) is 11.7. The summed E-state index contributed by atoms with van der Waals surface area (Å²) in [6.07, 6.45) is 9.93. The summed E-state index contributed by atoms with van der Waals surface area (Å²) in [6.45, 7) is 9.81. The van der Waals surface area contributed by atoms with E-state index >= 15 is 0 Å². The van der Waals surface area contributed by atoms with E-state index in [9.17, 15) is 0 Å². The summed E-state index contributed by atoms with van der Waals surface area (Å²) in [5.74, 6) is 0.162. The quantitative estimate of drug-likeness (QED) is 0.736. The number of piperidine rings is 1. The molecule has 1 N–H and O–H groups in total. The fraction of sp³-hybridized carbons (Fsp3) is 0.933. The number of carboxylic acid groups (broad SMARTS) is 1. The van der Waals surface area contributed by atoms with Gasteiger partial charge in [-0.05, 0) is 38.3 Å². The van der Waals surface area contributed by atoms with Crippen LogP contribution >= 0.6 is 0 Å². The summed E-state index contributed by atoms with van der Waals surface area (Å²) in [5.41, 5.74) is 0. The maximum absolute atomic E-state index is 9.00. The van der Waals surface area contributed by atoms with Gasteiger partial charge in [-0.1, -0.05) is 39.5 Å². The number of rotatable bonds is 6. The first-order valence-electron chi connectivity index (χ1n) is 7.52. The third kappa shape index (κ3) is 10.6. The number of hydrogen-bond acceptors (Lipinski definition) is 2. The minimum Gasteiger partial charge on any atom is -0.481 e. The normalized spacial score (nSPS) is 20.1. The molecule has 1 fully saturated rings. The lowest BCUT2D eigenvalue weighted by atomic mass is 9.95. The molecule has 0 radical (unpaired) electrons. The molecule has 0 saturated carbocycles. The maximum Gasteiger partial charge on any atom is 0.300 e. The number of likely N-dealkylation sites (tertiary alicyclic amines) is 1. The molecule has 0 aromatic heterocycles. The summed E-state index contributed by atoms with van der Waals surface area (Å²) in [5, 5.41) is 7.42. The number of aliphatic carboxylic acids is 1. The Bertz CT molecular complexity index is 203. The van der Waals surface area contributed by atoms with Gasteiger partial charge >= 0.3 is 0 Å². The Labute approximate surface area is 113 Å². The zero-order valence-corrected chi connectivity index (χ0v) is 12.5. The first-order chi connectivity index (χ1) is 8.60. The fourth-order valence-corrected chi connectivity index (χ4v) is 2.45. The number of unbranched alkanes of at least 4 members (excludes halogenated alkanes) is 3. The van der Waals surface area contributed by atoms with Crippen molar-refractivity contribution in [3.63, 3.8) is 0 Å². The van der Waals surface area contributed by atoms with Crippen LogP contribution in [0.15, 0.2) is 0 Å². The highest BCUT2D eigenvalue weighted by Gasteiger charge is 2.17. The van der Waals surface area contributed by atoms with E-state index in [4.69, 9.17) is 9.90 Å². The molecule has 0 aromatic carbocycles. The Hall–Kier alpha value is -0.570. The Balaban J connectivity index is 0.000000631. The lowest BCUT2D eigenvalue weighted by Crippen LogP contribution is -2.35. The monoisotopic (exact) mass is 257 g/mol. The van der Waals surface area contributed by atoms with Gasteiger partial charge in [-0.25, -0.2) is 0 Å². The van der Waals surface area contributed by atoms with Crippen LogP contribution in [0.5, 0.6) is 0 Å². The molecule has 1 aliphatic heterocycles. The van der Waals surface area contributed by atoms with Crippen LogP contribution in [0.4, 0.5) is 0 Å². The third-order valence-corrected chi connectivity index (χ3v) is 3.51. The molecule has 3 heteroatoms. The molecular weight excluding hydrogens is 226 g/mol. The molecule has 1 unspecified atom stereocenters. The summed E-state index contributed by atoms with van der Waals surface area (Å²) in [7, 11) is 0. The van der Waals surface area contributed by atoms with Gasteiger partial charge < -0.3 is 10.0 Å². The van der Waals surface area contributed by atoms with E-state index in [2.05, 4.69) is 18.7 Å². The van der Waals surface area contributed by atoms with Gasteiger partial charge in [0.1, 0.15) is 0 Å². The van der Waals surface area contributed by atoms with Gasteiger partial charge in [-0.2, -0.15) is 0 Å². The van der Waals surface area contributed by atoms with E-state index in [0.717, 1.165) is 12.8 Å². The van der Waals surface area contributed by atoms with Crippen molar-refractivity contribution in [1.29, 1.82) is 0 Å². The molecule has 0 aliphatic carbocycles. The van der Waals surface area contributed by atoms with Crippen LogP contribution in [-0.2, 0) is 4.79 Å². The first-order valence-corrected chi connectivity index (χ1v) is 7.52. The van der Waals surface area contributed by atoms with Crippen molar-refractivity contribution in [1.82, 2.24) is 4.90 Å². The number of hydrogen-bond donors (Lipinski definition) is 1. The van der Waals surface area contributed by atoms with Crippen LogP contribution in [0, 0.1) is 5.92 Å². The van der Waals surface area contributed by atoms with Gasteiger partial charge in [-0.15, -0.1) is 0 Å². The van der Waals surface area contributed by atoms with E-state index in [0.29, 0.717) is 0 Å². The largest absolute Gasteiger partial charge is 0.481 e. The Morgan fingerprint density at radius 3 is 2.50 bits per heavy atom. The Morgan fingerprint density at radius 1 is 1.28 bits per heavy atom. The highest BCUT2D eigenvalue weighted by molar-refractivity contribution is 5.62. The number of nitrogens with zero attached hydrogens (tertiary/aromatic N) is 1. The summed E-state index contributed by atoms with van der Waals surface area (Å²) < 4.78 is 0. The minimum atomic E-state index is -0.833. The van der Waals surface area contributed by atoms with Crippen molar-refractivity contribution >= 4 is 5.97 Å². The van der Waals surface area contributed by atoms with E-state index in [1.807, 2.05) is 0 Å². The first kappa shape index (κ1) is 17.4. The topological polar surface area (TPSA) is 40.5 Å². The number of carbonyl (C=O) groups is 1. The second-order valence-corrected chi connectivity index (χ2v) is 5.30. The fourth-order valence-electron chi connectivity index (χ4n) is 2.45. The van der Waals surface area contributed by atoms with Crippen molar-refractivity contribution in [3.05, 3.63) is 0 Å². The van der Waals surface area contributed by atoms with Gasteiger partial charge in [-0.3, -0.25) is 4.79 Å². The molecule has 0 aromatic rings. The molecule has 0 bridgehead atoms. The number of carboxylic acids is 1. The van der Waals surface area contributed by atoms with Crippen molar-refractivity contribution < 1.29 is 9.90 Å². The molecule has 1 atom stereocenters. The van der Waals surface area contributed by atoms with Crippen LogP contribution in [-0.4, -0.2) is 35.6 Å². The average Bonchev–Trinajstić information content (AvgIpc) is 2.34. The van der Waals surface area contributed by atoms with Crippen molar-refractivity contribution in [2.75, 3.05) is 19.6 Å². The van der Waals surface area contributed by atoms with E-state index in [1.54, 1.807) is 0 Å². The summed E-state index contributed by atoms with van der Waals surface area (Å²) in [6, 6.07) is 0. The smallest absolute Gasteiger partial charge is 0.300 e. The molecule has 0 amide bonds. The van der Waals surface area contributed by atoms with Gasteiger partial charge in [0, 0.05) is 13.5 Å². The van der Waals surface area contributed by atoms with E-state index in [1.165, 1.54) is 64.6 Å². The highest BCUT2D eigenvalue weighted by atomic mass is 16.4. The lowest BCUT2D eigenvalue weighted by molar-refractivity contribution is -0.134. The SMILES string of the molecule is CC(=O)O.CCCCCCN1CCCC(CC)C1. The molecule has 1 heterocycles. The van der Waals surface area contributed by atoms with Gasteiger partial charge in [0.15, 0.2) is 0 Å². The van der Waals surface area contributed by atoms with Crippen LogP contribution in [0.25, 0.3) is 0 Å².